The molecule has 3 rings (SSSR count). The van der Waals surface area contributed by atoms with Crippen molar-refractivity contribution in [3.63, 3.8) is 0 Å². The van der Waals surface area contributed by atoms with Crippen molar-refractivity contribution >= 4 is 17.2 Å². The van der Waals surface area contributed by atoms with Gasteiger partial charge in [-0.2, -0.15) is 5.10 Å². The Morgan fingerprint density at radius 3 is 2.86 bits per heavy atom. The standard InChI is InChI=1S/C16H20N4OS/c1-20-16(18-13-8-3-2-4-9-13)22-15(19-20)12-7-5-6-11(10-12)14(17)21/h5-7,10,13H,2-4,8-9H2,1H3,(H2,17,21)/b18-16+. The van der Waals surface area contributed by atoms with Crippen LogP contribution in [0.5, 0.6) is 0 Å². The summed E-state index contributed by atoms with van der Waals surface area (Å²) in [4.78, 5) is 17.1. The Labute approximate surface area is 133 Å². The molecule has 0 aliphatic heterocycles. The van der Waals surface area contributed by atoms with Crippen molar-refractivity contribution in [2.75, 3.05) is 0 Å². The molecule has 1 saturated carbocycles. The van der Waals surface area contributed by atoms with Gasteiger partial charge in [0.25, 0.3) is 0 Å². The minimum atomic E-state index is -0.421. The number of carbonyl (C=O) groups is 1. The fourth-order valence-corrected chi connectivity index (χ4v) is 3.71. The van der Waals surface area contributed by atoms with E-state index in [9.17, 15) is 4.79 Å². The normalized spacial score (nSPS) is 16.9. The van der Waals surface area contributed by atoms with Gasteiger partial charge in [0, 0.05) is 18.2 Å². The van der Waals surface area contributed by atoms with Crippen molar-refractivity contribution in [3.8, 4) is 10.6 Å². The molecule has 1 aliphatic rings. The number of nitrogens with two attached hydrogens (primary N) is 1. The van der Waals surface area contributed by atoms with Gasteiger partial charge in [-0.15, -0.1) is 0 Å². The van der Waals surface area contributed by atoms with Crippen molar-refractivity contribution < 1.29 is 4.79 Å². The van der Waals surface area contributed by atoms with E-state index in [0.29, 0.717) is 11.6 Å². The van der Waals surface area contributed by atoms with Gasteiger partial charge in [0.1, 0.15) is 5.01 Å². The van der Waals surface area contributed by atoms with Crippen LogP contribution in [0.1, 0.15) is 42.5 Å². The third-order valence-electron chi connectivity index (χ3n) is 3.97. The van der Waals surface area contributed by atoms with Crippen LogP contribution in [0.3, 0.4) is 0 Å². The lowest BCUT2D eigenvalue weighted by Crippen LogP contribution is -2.18. The van der Waals surface area contributed by atoms with Gasteiger partial charge >= 0.3 is 0 Å². The van der Waals surface area contributed by atoms with Gasteiger partial charge in [-0.1, -0.05) is 42.7 Å². The maximum Gasteiger partial charge on any atom is 0.248 e. The molecule has 1 amide bonds. The molecule has 1 aliphatic carbocycles. The lowest BCUT2D eigenvalue weighted by atomic mass is 9.96. The van der Waals surface area contributed by atoms with Crippen LogP contribution in [0.15, 0.2) is 29.3 Å². The summed E-state index contributed by atoms with van der Waals surface area (Å²) in [5, 5.41) is 5.40. The minimum Gasteiger partial charge on any atom is -0.366 e. The zero-order chi connectivity index (χ0) is 15.5. The second-order valence-electron chi connectivity index (χ2n) is 5.68. The summed E-state index contributed by atoms with van der Waals surface area (Å²) in [7, 11) is 1.92. The second kappa shape index (κ2) is 6.44. The van der Waals surface area contributed by atoms with E-state index in [1.807, 2.05) is 23.9 Å². The van der Waals surface area contributed by atoms with Crippen molar-refractivity contribution in [3.05, 3.63) is 34.6 Å². The van der Waals surface area contributed by atoms with Gasteiger partial charge in [0.15, 0.2) is 0 Å². The maximum absolute atomic E-state index is 11.3. The number of aryl methyl sites for hydroxylation is 1. The maximum atomic E-state index is 11.3. The van der Waals surface area contributed by atoms with E-state index in [1.54, 1.807) is 23.5 Å². The van der Waals surface area contributed by atoms with E-state index in [2.05, 4.69) is 5.10 Å². The Bertz CT molecular complexity index is 741. The van der Waals surface area contributed by atoms with Crippen molar-refractivity contribution in [2.45, 2.75) is 38.1 Å². The Balaban J connectivity index is 1.93. The third-order valence-corrected chi connectivity index (χ3v) is 5.03. The van der Waals surface area contributed by atoms with Crippen LogP contribution in [0.2, 0.25) is 0 Å². The monoisotopic (exact) mass is 316 g/mol. The molecule has 0 radical (unpaired) electrons. The molecule has 1 aromatic heterocycles. The molecule has 6 heteroatoms. The predicted octanol–water partition coefficient (Wildman–Crippen LogP) is 2.48. The van der Waals surface area contributed by atoms with Crippen LogP contribution in [0, 0.1) is 0 Å². The molecule has 2 N–H and O–H groups in total. The number of carbonyl (C=O) groups excluding carboxylic acids is 1. The SMILES string of the molecule is Cn1nc(-c2cccc(C(N)=O)c2)s/c1=N/C1CCCCC1. The molecule has 1 heterocycles. The molecule has 116 valence electrons. The van der Waals surface area contributed by atoms with Crippen LogP contribution in [0.25, 0.3) is 10.6 Å². The van der Waals surface area contributed by atoms with E-state index in [0.717, 1.165) is 15.4 Å². The lowest BCUT2D eigenvalue weighted by molar-refractivity contribution is 0.100. The number of primary amides is 1. The topological polar surface area (TPSA) is 73.3 Å². The molecule has 1 fully saturated rings. The number of nitrogens with zero attached hydrogens (tertiary/aromatic N) is 3. The largest absolute Gasteiger partial charge is 0.366 e. The Morgan fingerprint density at radius 1 is 1.36 bits per heavy atom. The highest BCUT2D eigenvalue weighted by Gasteiger charge is 2.13. The predicted molar refractivity (Wildman–Crippen MR) is 87.5 cm³/mol. The molecule has 0 unspecified atom stereocenters. The highest BCUT2D eigenvalue weighted by atomic mass is 32.1. The molecule has 2 aromatic rings. The van der Waals surface area contributed by atoms with E-state index in [1.165, 1.54) is 32.1 Å². The number of hydrogen-bond acceptors (Lipinski definition) is 4. The van der Waals surface area contributed by atoms with E-state index < -0.39 is 5.91 Å². The van der Waals surface area contributed by atoms with Crippen LogP contribution >= 0.6 is 11.3 Å². The highest BCUT2D eigenvalue weighted by molar-refractivity contribution is 7.12. The molecule has 0 atom stereocenters. The van der Waals surface area contributed by atoms with Gasteiger partial charge in [-0.3, -0.25) is 9.79 Å². The summed E-state index contributed by atoms with van der Waals surface area (Å²) < 4.78 is 1.82. The molecule has 1 aromatic carbocycles. The van der Waals surface area contributed by atoms with E-state index >= 15 is 0 Å². The third kappa shape index (κ3) is 3.27. The van der Waals surface area contributed by atoms with Gasteiger partial charge in [-0.05, 0) is 25.0 Å². The summed E-state index contributed by atoms with van der Waals surface area (Å²) >= 11 is 1.56. The number of amides is 1. The first kappa shape index (κ1) is 15.0. The van der Waals surface area contributed by atoms with Crippen LogP contribution in [-0.4, -0.2) is 21.7 Å². The lowest BCUT2D eigenvalue weighted by Gasteiger charge is -2.16. The molecular formula is C16H20N4OS. The zero-order valence-corrected chi connectivity index (χ0v) is 13.5. The Hall–Kier alpha value is -1.95. The van der Waals surface area contributed by atoms with Gasteiger partial charge < -0.3 is 5.73 Å². The van der Waals surface area contributed by atoms with E-state index in [4.69, 9.17) is 10.7 Å². The second-order valence-corrected chi connectivity index (χ2v) is 6.64. The Kier molecular flexibility index (Phi) is 4.38. The molecule has 5 nitrogen and oxygen atoms in total. The summed E-state index contributed by atoms with van der Waals surface area (Å²) in [6, 6.07) is 7.69. The van der Waals surface area contributed by atoms with Gasteiger partial charge in [0.05, 0.1) is 6.04 Å². The van der Waals surface area contributed by atoms with Gasteiger partial charge in [-0.25, -0.2) is 4.68 Å². The van der Waals surface area contributed by atoms with E-state index in [-0.39, 0.29) is 0 Å². The molecule has 22 heavy (non-hydrogen) atoms. The zero-order valence-electron chi connectivity index (χ0n) is 12.7. The average Bonchev–Trinajstić information content (AvgIpc) is 2.89. The summed E-state index contributed by atoms with van der Waals surface area (Å²) in [5.74, 6) is -0.421. The first-order chi connectivity index (χ1) is 10.6. The fourth-order valence-electron chi connectivity index (χ4n) is 2.75. The van der Waals surface area contributed by atoms with Crippen LogP contribution in [0.4, 0.5) is 0 Å². The number of rotatable bonds is 3. The molecule has 0 spiro atoms. The smallest absolute Gasteiger partial charge is 0.248 e. The van der Waals surface area contributed by atoms with Gasteiger partial charge in [0.2, 0.25) is 10.7 Å². The van der Waals surface area contributed by atoms with Crippen molar-refractivity contribution in [1.29, 1.82) is 0 Å². The molecular weight excluding hydrogens is 296 g/mol. The van der Waals surface area contributed by atoms with Crippen LogP contribution < -0.4 is 10.5 Å². The van der Waals surface area contributed by atoms with Crippen LogP contribution in [-0.2, 0) is 7.05 Å². The first-order valence-electron chi connectivity index (χ1n) is 7.62. The molecule has 0 bridgehead atoms. The fraction of sp³-hybridized carbons (Fsp3) is 0.438. The Morgan fingerprint density at radius 2 is 2.14 bits per heavy atom. The number of hydrogen-bond donors (Lipinski definition) is 1. The minimum absolute atomic E-state index is 0.421. The summed E-state index contributed by atoms with van der Waals surface area (Å²) in [5.41, 5.74) is 6.75. The van der Waals surface area contributed by atoms with Crippen molar-refractivity contribution in [2.24, 2.45) is 17.8 Å². The summed E-state index contributed by atoms with van der Waals surface area (Å²) in [6.45, 7) is 0. The average molecular weight is 316 g/mol. The highest BCUT2D eigenvalue weighted by Crippen LogP contribution is 2.22. The summed E-state index contributed by atoms with van der Waals surface area (Å²) in [6.07, 6.45) is 6.20. The number of aromatic nitrogens is 2. The quantitative estimate of drug-likeness (QED) is 0.944. The molecule has 0 saturated heterocycles. The first-order valence-corrected chi connectivity index (χ1v) is 8.43. The number of benzene rings is 1. The van der Waals surface area contributed by atoms with Crippen molar-refractivity contribution in [1.82, 2.24) is 9.78 Å².